The van der Waals surface area contributed by atoms with Crippen LogP contribution in [0.1, 0.15) is 21.6 Å². The first-order chi connectivity index (χ1) is 12.8. The average molecular weight is 360 g/mol. The third-order valence-electron chi connectivity index (χ3n) is 5.33. The highest BCUT2D eigenvalue weighted by Gasteiger charge is 2.21. The molecule has 130 valence electrons. The predicted molar refractivity (Wildman–Crippen MR) is 107 cm³/mol. The Morgan fingerprint density at radius 1 is 1.04 bits per heavy atom. The van der Waals surface area contributed by atoms with Crippen LogP contribution in [0.25, 0.3) is 11.1 Å². The minimum Gasteiger partial charge on any atom is -0.325 e. The van der Waals surface area contributed by atoms with Gasteiger partial charge in [0.25, 0.3) is 0 Å². The van der Waals surface area contributed by atoms with E-state index in [1.54, 1.807) is 0 Å². The lowest BCUT2D eigenvalue weighted by molar-refractivity contribution is -0.117. The number of carbonyl (C=O) groups is 1. The number of rotatable bonds is 3. The molecule has 1 amide bonds. The van der Waals surface area contributed by atoms with E-state index in [2.05, 4.69) is 58.1 Å². The van der Waals surface area contributed by atoms with Gasteiger partial charge in [-0.3, -0.25) is 9.69 Å². The van der Waals surface area contributed by atoms with E-state index in [9.17, 15) is 4.79 Å². The molecule has 0 unspecified atom stereocenters. The standard InChI is InChI=1S/C22H20N2OS/c25-22(14-24-9-7-21-16(13-24)8-10-26-21)23-18-5-6-20-17(12-18)11-15-3-1-2-4-19(15)20/h1-6,8,10,12H,7,9,11,13-14H2,(H,23,25). The second kappa shape index (κ2) is 6.38. The largest absolute Gasteiger partial charge is 0.325 e. The minimum absolute atomic E-state index is 0.0686. The number of fused-ring (bicyclic) bond motifs is 4. The van der Waals surface area contributed by atoms with E-state index in [0.717, 1.165) is 31.6 Å². The number of nitrogens with one attached hydrogen (secondary N) is 1. The first-order valence-electron chi connectivity index (χ1n) is 9.05. The van der Waals surface area contributed by atoms with Gasteiger partial charge in [-0.1, -0.05) is 30.3 Å². The molecular weight excluding hydrogens is 340 g/mol. The van der Waals surface area contributed by atoms with Crippen LogP contribution >= 0.6 is 11.3 Å². The van der Waals surface area contributed by atoms with Gasteiger partial charge in [-0.2, -0.15) is 0 Å². The van der Waals surface area contributed by atoms with Crippen molar-refractivity contribution in [2.75, 3.05) is 18.4 Å². The van der Waals surface area contributed by atoms with Crippen molar-refractivity contribution in [1.29, 1.82) is 0 Å². The minimum atomic E-state index is 0.0686. The number of anilines is 1. The van der Waals surface area contributed by atoms with Crippen molar-refractivity contribution in [3.05, 3.63) is 75.5 Å². The van der Waals surface area contributed by atoms with Gasteiger partial charge in [0.15, 0.2) is 0 Å². The maximum absolute atomic E-state index is 12.5. The van der Waals surface area contributed by atoms with Crippen LogP contribution in [0, 0.1) is 0 Å². The van der Waals surface area contributed by atoms with Crippen molar-refractivity contribution < 1.29 is 4.79 Å². The molecule has 0 radical (unpaired) electrons. The number of benzene rings is 2. The normalized spacial score (nSPS) is 15.2. The Balaban J connectivity index is 1.26. The van der Waals surface area contributed by atoms with Crippen molar-refractivity contribution in [1.82, 2.24) is 4.90 Å². The SMILES string of the molecule is O=C(CN1CCc2sccc2C1)Nc1ccc2c(c1)Cc1ccccc1-2. The Morgan fingerprint density at radius 2 is 1.92 bits per heavy atom. The van der Waals surface area contributed by atoms with Crippen LogP contribution in [0.2, 0.25) is 0 Å². The third kappa shape index (κ3) is 2.85. The first-order valence-corrected chi connectivity index (χ1v) is 9.93. The van der Waals surface area contributed by atoms with Gasteiger partial charge in [0.2, 0.25) is 5.91 Å². The van der Waals surface area contributed by atoms with Crippen molar-refractivity contribution >= 4 is 22.9 Å². The van der Waals surface area contributed by atoms with E-state index in [-0.39, 0.29) is 5.91 Å². The molecule has 3 nitrogen and oxygen atoms in total. The fourth-order valence-electron chi connectivity index (χ4n) is 4.07. The highest BCUT2D eigenvalue weighted by Crippen LogP contribution is 2.37. The van der Waals surface area contributed by atoms with E-state index in [1.165, 1.54) is 32.7 Å². The summed E-state index contributed by atoms with van der Waals surface area (Å²) in [7, 11) is 0. The van der Waals surface area contributed by atoms with Gasteiger partial charge in [-0.15, -0.1) is 11.3 Å². The summed E-state index contributed by atoms with van der Waals surface area (Å²) in [6.07, 6.45) is 2.00. The molecule has 2 aromatic carbocycles. The first kappa shape index (κ1) is 15.8. The lowest BCUT2D eigenvalue weighted by Crippen LogP contribution is -2.36. The Hall–Kier alpha value is -2.43. The van der Waals surface area contributed by atoms with Gasteiger partial charge < -0.3 is 5.32 Å². The number of hydrogen-bond donors (Lipinski definition) is 1. The Kier molecular flexibility index (Phi) is 3.88. The molecule has 26 heavy (non-hydrogen) atoms. The van der Waals surface area contributed by atoms with Gasteiger partial charge in [0, 0.05) is 23.7 Å². The fraction of sp³-hybridized carbons (Fsp3) is 0.227. The zero-order valence-electron chi connectivity index (χ0n) is 14.5. The van der Waals surface area contributed by atoms with Gasteiger partial charge >= 0.3 is 0 Å². The summed E-state index contributed by atoms with van der Waals surface area (Å²) in [5.41, 5.74) is 7.55. The summed E-state index contributed by atoms with van der Waals surface area (Å²) >= 11 is 1.83. The molecule has 0 bridgehead atoms. The molecular formula is C22H20N2OS. The van der Waals surface area contributed by atoms with Crippen LogP contribution in [0.15, 0.2) is 53.9 Å². The molecule has 2 heterocycles. The molecule has 0 fully saturated rings. The van der Waals surface area contributed by atoms with E-state index >= 15 is 0 Å². The molecule has 1 aliphatic heterocycles. The number of thiophene rings is 1. The summed E-state index contributed by atoms with van der Waals surface area (Å²) < 4.78 is 0. The van der Waals surface area contributed by atoms with Crippen LogP contribution in [0.3, 0.4) is 0 Å². The predicted octanol–water partition coefficient (Wildman–Crippen LogP) is 4.32. The number of hydrogen-bond acceptors (Lipinski definition) is 3. The summed E-state index contributed by atoms with van der Waals surface area (Å²) in [6, 6.07) is 17.0. The topological polar surface area (TPSA) is 32.3 Å². The molecule has 4 heteroatoms. The van der Waals surface area contributed by atoms with E-state index in [4.69, 9.17) is 0 Å². The Labute approximate surface area is 157 Å². The lowest BCUT2D eigenvalue weighted by Gasteiger charge is -2.26. The number of nitrogens with zero attached hydrogens (tertiary/aromatic N) is 1. The lowest BCUT2D eigenvalue weighted by atomic mass is 10.1. The molecule has 0 spiro atoms. The molecule has 0 atom stereocenters. The average Bonchev–Trinajstić information content (AvgIpc) is 3.24. The zero-order chi connectivity index (χ0) is 17.5. The van der Waals surface area contributed by atoms with Crippen molar-refractivity contribution in [3.63, 3.8) is 0 Å². The summed E-state index contributed by atoms with van der Waals surface area (Å²) in [6.45, 7) is 2.29. The molecule has 1 aliphatic carbocycles. The van der Waals surface area contributed by atoms with Crippen LogP contribution < -0.4 is 5.32 Å². The third-order valence-corrected chi connectivity index (χ3v) is 6.35. The van der Waals surface area contributed by atoms with Gasteiger partial charge in [0.1, 0.15) is 0 Å². The van der Waals surface area contributed by atoms with E-state index < -0.39 is 0 Å². The number of carbonyl (C=O) groups excluding carboxylic acids is 1. The molecule has 1 aromatic heterocycles. The molecule has 0 saturated heterocycles. The highest BCUT2D eigenvalue weighted by atomic mass is 32.1. The summed E-state index contributed by atoms with van der Waals surface area (Å²) in [5, 5.41) is 5.24. The molecule has 2 aliphatic rings. The van der Waals surface area contributed by atoms with Gasteiger partial charge in [0.05, 0.1) is 6.54 Å². The second-order valence-corrected chi connectivity index (χ2v) is 8.08. The molecule has 0 saturated carbocycles. The molecule has 5 rings (SSSR count). The molecule has 1 N–H and O–H groups in total. The highest BCUT2D eigenvalue weighted by molar-refractivity contribution is 7.10. The van der Waals surface area contributed by atoms with E-state index in [0.29, 0.717) is 6.54 Å². The van der Waals surface area contributed by atoms with Crippen molar-refractivity contribution in [2.45, 2.75) is 19.4 Å². The van der Waals surface area contributed by atoms with Crippen LogP contribution in [0.4, 0.5) is 5.69 Å². The maximum atomic E-state index is 12.5. The maximum Gasteiger partial charge on any atom is 0.238 e. The quantitative estimate of drug-likeness (QED) is 0.590. The van der Waals surface area contributed by atoms with E-state index in [1.807, 2.05) is 17.4 Å². The van der Waals surface area contributed by atoms with Gasteiger partial charge in [-0.25, -0.2) is 0 Å². The summed E-state index contributed by atoms with van der Waals surface area (Å²) in [4.78, 5) is 16.2. The van der Waals surface area contributed by atoms with Crippen molar-refractivity contribution in [3.8, 4) is 11.1 Å². The van der Waals surface area contributed by atoms with Crippen LogP contribution in [0.5, 0.6) is 0 Å². The van der Waals surface area contributed by atoms with Crippen LogP contribution in [-0.2, 0) is 24.2 Å². The smallest absolute Gasteiger partial charge is 0.238 e. The zero-order valence-corrected chi connectivity index (χ0v) is 15.3. The second-order valence-electron chi connectivity index (χ2n) is 7.08. The van der Waals surface area contributed by atoms with Crippen LogP contribution in [-0.4, -0.2) is 23.9 Å². The Morgan fingerprint density at radius 3 is 2.88 bits per heavy atom. The fourth-order valence-corrected chi connectivity index (χ4v) is 4.96. The van der Waals surface area contributed by atoms with Crippen molar-refractivity contribution in [2.24, 2.45) is 0 Å². The molecule has 3 aromatic rings. The Bertz CT molecular complexity index is 991. The summed E-state index contributed by atoms with van der Waals surface area (Å²) in [5.74, 6) is 0.0686. The monoisotopic (exact) mass is 360 g/mol. The number of amides is 1. The van der Waals surface area contributed by atoms with Gasteiger partial charge in [-0.05, 0) is 64.2 Å².